The number of carboxylic acids is 4. The number of anilines is 1. The number of ketones is 2. The van der Waals surface area contributed by atoms with Crippen molar-refractivity contribution in [2.75, 3.05) is 57.1 Å². The van der Waals surface area contributed by atoms with Crippen LogP contribution in [0.4, 0.5) is 18.9 Å². The fraction of sp³-hybridized carbons (Fsp3) is 0.638. The largest absolute Gasteiger partial charge is 0.481 e. The molecule has 0 aliphatic heterocycles. The zero-order valence-corrected chi connectivity index (χ0v) is 46.1. The lowest BCUT2D eigenvalue weighted by Gasteiger charge is -2.25. The number of sulfonamides is 1. The van der Waals surface area contributed by atoms with Crippen molar-refractivity contribution in [3.05, 3.63) is 17.5 Å². The van der Waals surface area contributed by atoms with Crippen LogP contribution in [0.15, 0.2) is 14.8 Å². The molecule has 0 heterocycles. The van der Waals surface area contributed by atoms with Gasteiger partial charge in [-0.1, -0.05) is 32.1 Å². The fourth-order valence-electron chi connectivity index (χ4n) is 8.19. The van der Waals surface area contributed by atoms with E-state index in [0.29, 0.717) is 25.7 Å². The number of amides is 4. The van der Waals surface area contributed by atoms with E-state index in [-0.39, 0.29) is 64.7 Å². The lowest BCUT2D eigenvalue weighted by molar-refractivity contribution is -0.147. The molecule has 1 aromatic rings. The Kier molecular flexibility index (Phi) is 30.3. The van der Waals surface area contributed by atoms with Gasteiger partial charge in [0.25, 0.3) is 0 Å². The normalized spacial score (nSPS) is 14.9. The molecular weight excluding hydrogens is 1150 g/mol. The van der Waals surface area contributed by atoms with Gasteiger partial charge in [0.1, 0.15) is 22.8 Å². The predicted octanol–water partition coefficient (Wildman–Crippen LogP) is -1.89. The van der Waals surface area contributed by atoms with Gasteiger partial charge in [-0.2, -0.15) is 0 Å². The molecule has 82 heavy (non-hydrogen) atoms. The molecule has 1 fully saturated rings. The van der Waals surface area contributed by atoms with E-state index in [4.69, 9.17) is 36.9 Å². The monoisotopic (exact) mass is 1220 g/mol. The molecule has 1 aliphatic rings. The van der Waals surface area contributed by atoms with Gasteiger partial charge in [0.05, 0.1) is 75.0 Å². The highest BCUT2D eigenvalue weighted by atomic mass is 32.2. The van der Waals surface area contributed by atoms with Crippen molar-refractivity contribution in [2.45, 2.75) is 137 Å². The van der Waals surface area contributed by atoms with Gasteiger partial charge in [-0.05, 0) is 25.7 Å². The maximum Gasteiger partial charge on any atom is 0.326 e. The molecule has 0 spiro atoms. The molecule has 30 nitrogen and oxygen atoms in total. The number of Topliss-reactive ketones (excluding diaryl/α,β-unsaturated/α-hetero) is 2. The topological polar surface area (TPSA) is 515 Å². The second-order valence-electron chi connectivity index (χ2n) is 19.0. The van der Waals surface area contributed by atoms with Crippen LogP contribution in [0.25, 0.3) is 0 Å². The number of rotatable bonds is 39. The summed E-state index contributed by atoms with van der Waals surface area (Å²) in [5.74, 6) is -23.4. The number of aliphatic carboxylic acids is 4. The third kappa shape index (κ3) is 25.8. The summed E-state index contributed by atoms with van der Waals surface area (Å²) in [5, 5.41) is 53.4. The van der Waals surface area contributed by atoms with Gasteiger partial charge in [0.15, 0.2) is 43.9 Å². The summed E-state index contributed by atoms with van der Waals surface area (Å²) in [7, 11) is -10.2. The van der Waals surface area contributed by atoms with Crippen LogP contribution in [0.2, 0.25) is 0 Å². The molecular formula is C47H71F3N10O20S2. The summed E-state index contributed by atoms with van der Waals surface area (Å²) < 4.78 is 108. The standard InChI is InChI=1S/C47H71F3N10O20S2/c48-37-38(49)42(40(39(50)41(37)82(54,77)78)58-27-7-4-2-1-3-5-8-27)81(75,76)18-11-33(63)55-13-15-80-17-16-79-14-10-28(61)19-25(21-34(64)65)44(71)59-30(9-6-12-56-47(52)53)32(62)20-26(22-35(66)67)43(70)57-24-29(51)45(72)60-31(46(73)74)23-36(68)69/h25-27,29-31,58H,1-24,51H2,(H,55,63)(H,57,70)(H,59,71)(H,60,72)(H,64,65)(H,66,67)(H,68,69)(H,73,74)(H4,52,53,56)(H2,54,77,78)/t25?,26?,29-,30?,31-/m0/s1. The molecule has 0 saturated heterocycles. The lowest BCUT2D eigenvalue weighted by atomic mass is 9.91. The Morgan fingerprint density at radius 2 is 1.20 bits per heavy atom. The molecule has 5 atom stereocenters. The fourth-order valence-corrected chi connectivity index (χ4v) is 10.4. The molecule has 0 aromatic heterocycles. The van der Waals surface area contributed by atoms with E-state index in [1.54, 1.807) is 0 Å². The molecule has 3 unspecified atom stereocenters. The third-order valence-electron chi connectivity index (χ3n) is 12.3. The number of carboxylic acid groups (broad SMARTS) is 4. The average molecular weight is 1220 g/mol. The molecule has 35 heteroatoms. The molecule has 17 N–H and O–H groups in total. The quantitative estimate of drug-likeness (QED) is 0.0148. The Bertz CT molecular complexity index is 2710. The maximum absolute atomic E-state index is 15.7. The number of primary sulfonamides is 1. The average Bonchev–Trinajstić information content (AvgIpc) is 3.51. The summed E-state index contributed by atoms with van der Waals surface area (Å²) in [4.78, 5) is 125. The Hall–Kier alpha value is -7.08. The number of guanidine groups is 1. The third-order valence-corrected chi connectivity index (χ3v) is 15.0. The van der Waals surface area contributed by atoms with Crippen LogP contribution in [-0.2, 0) is 77.3 Å². The summed E-state index contributed by atoms with van der Waals surface area (Å²) in [5.41, 5.74) is 15.3. The zero-order chi connectivity index (χ0) is 61.9. The summed E-state index contributed by atoms with van der Waals surface area (Å²) in [6.45, 7) is -1.70. The predicted molar refractivity (Wildman–Crippen MR) is 279 cm³/mol. The number of nitrogens with zero attached hydrogens (tertiary/aromatic N) is 1. The van der Waals surface area contributed by atoms with E-state index in [1.165, 1.54) is 0 Å². The van der Waals surface area contributed by atoms with E-state index in [2.05, 4.69) is 26.3 Å². The highest BCUT2D eigenvalue weighted by Gasteiger charge is 2.38. The second kappa shape index (κ2) is 35.0. The van der Waals surface area contributed by atoms with E-state index in [1.807, 2.05) is 5.32 Å². The highest BCUT2D eigenvalue weighted by molar-refractivity contribution is 7.91. The molecule has 1 aromatic carbocycles. The van der Waals surface area contributed by atoms with E-state index in [9.17, 15) is 84.5 Å². The smallest absolute Gasteiger partial charge is 0.326 e. The second-order valence-corrected chi connectivity index (χ2v) is 22.5. The van der Waals surface area contributed by atoms with Gasteiger partial charge in [0.2, 0.25) is 33.7 Å². The first kappa shape index (κ1) is 71.0. The number of hydrogen-bond donors (Lipinski definition) is 13. The van der Waals surface area contributed by atoms with Crippen molar-refractivity contribution >= 4 is 90.6 Å². The minimum absolute atomic E-state index is 0.000742. The van der Waals surface area contributed by atoms with Gasteiger partial charge < -0.3 is 73.7 Å². The number of nitrogens with one attached hydrogen (secondary N) is 5. The van der Waals surface area contributed by atoms with Crippen LogP contribution in [0.3, 0.4) is 0 Å². The molecule has 462 valence electrons. The van der Waals surface area contributed by atoms with Crippen LogP contribution in [0.1, 0.15) is 103 Å². The van der Waals surface area contributed by atoms with E-state index in [0.717, 1.165) is 19.3 Å². The SMILES string of the molecule is NC(N)=NCCCC(NC(=O)C(CC(=O)O)CC(=O)CCOCCOCCNC(=O)CCS(=O)(=O)c1c(F)c(F)c(S(N)(=O)=O)c(F)c1NC1CCCCCCC1)C(=O)CC(CC(=O)O)C(=O)NC[C@H](N)C(=O)N[C@@H](CC(=O)O)C(=O)O. The highest BCUT2D eigenvalue weighted by Crippen LogP contribution is 2.37. The summed E-state index contributed by atoms with van der Waals surface area (Å²) >= 11 is 0. The number of halogens is 3. The number of nitrogens with two attached hydrogens (primary N) is 4. The number of benzene rings is 1. The van der Waals surface area contributed by atoms with Crippen molar-refractivity contribution in [1.29, 1.82) is 0 Å². The van der Waals surface area contributed by atoms with Crippen molar-refractivity contribution in [1.82, 2.24) is 21.3 Å². The number of hydrogen-bond acceptors (Lipinski definition) is 19. The molecule has 0 bridgehead atoms. The Balaban J connectivity index is 1.97. The molecule has 1 aliphatic carbocycles. The Morgan fingerprint density at radius 3 is 1.76 bits per heavy atom. The first-order chi connectivity index (χ1) is 38.4. The van der Waals surface area contributed by atoms with E-state index < -0.39 is 199 Å². The van der Waals surface area contributed by atoms with Crippen LogP contribution in [0.5, 0.6) is 0 Å². The first-order valence-corrected chi connectivity index (χ1v) is 28.8. The van der Waals surface area contributed by atoms with Gasteiger partial charge in [-0.3, -0.25) is 48.1 Å². The van der Waals surface area contributed by atoms with Crippen molar-refractivity contribution in [3.8, 4) is 0 Å². The minimum atomic E-state index is -5.22. The maximum atomic E-state index is 15.7. The van der Waals surface area contributed by atoms with Crippen LogP contribution >= 0.6 is 0 Å². The van der Waals surface area contributed by atoms with Crippen molar-refractivity contribution in [3.63, 3.8) is 0 Å². The Labute approximate surface area is 468 Å². The van der Waals surface area contributed by atoms with Crippen LogP contribution in [-0.4, -0.2) is 178 Å². The van der Waals surface area contributed by atoms with Crippen molar-refractivity contribution < 1.29 is 108 Å². The van der Waals surface area contributed by atoms with Crippen molar-refractivity contribution in [2.24, 2.45) is 39.2 Å². The number of aliphatic imine (C=N–C) groups is 1. The number of sulfone groups is 1. The summed E-state index contributed by atoms with van der Waals surface area (Å²) in [6.07, 6.45) is -1.27. The van der Waals surface area contributed by atoms with Crippen LogP contribution in [0, 0.1) is 29.3 Å². The van der Waals surface area contributed by atoms with Gasteiger partial charge in [0, 0.05) is 51.4 Å². The molecule has 1 saturated carbocycles. The zero-order valence-electron chi connectivity index (χ0n) is 44.5. The van der Waals surface area contributed by atoms with Crippen LogP contribution < -0.4 is 48.9 Å². The molecule has 4 amide bonds. The lowest BCUT2D eigenvalue weighted by Crippen LogP contribution is -2.53. The number of carbonyl (C=O) groups excluding carboxylic acids is 6. The van der Waals surface area contributed by atoms with Gasteiger partial charge in [-0.25, -0.2) is 39.9 Å². The number of ether oxygens (including phenoxy) is 2. The molecule has 2 rings (SSSR count). The molecule has 0 radical (unpaired) electrons. The van der Waals surface area contributed by atoms with Gasteiger partial charge in [-0.15, -0.1) is 0 Å². The minimum Gasteiger partial charge on any atom is -0.481 e. The van der Waals surface area contributed by atoms with Gasteiger partial charge >= 0.3 is 23.9 Å². The first-order valence-electron chi connectivity index (χ1n) is 25.6. The Morgan fingerprint density at radius 1 is 0.646 bits per heavy atom. The van der Waals surface area contributed by atoms with E-state index >= 15 is 8.78 Å². The summed E-state index contributed by atoms with van der Waals surface area (Å²) in [6, 6.07) is -5.73. The number of carbonyl (C=O) groups is 10.